The molecule has 1 unspecified atom stereocenters. The summed E-state index contributed by atoms with van der Waals surface area (Å²) in [5.41, 5.74) is 4.50. The molecule has 0 aliphatic rings. The molecule has 1 atom stereocenters. The minimum Gasteiger partial charge on any atom is -0.271 e. The maximum Gasteiger partial charge on any atom is 0.137 e. The molecule has 5 heteroatoms. The molecule has 0 saturated heterocycles. The van der Waals surface area contributed by atoms with Crippen LogP contribution < -0.4 is 11.3 Å². The molecule has 2 rings (SSSR count). The average molecular weight is 327 g/mol. The molecular weight excluding hydrogens is 314 g/mol. The van der Waals surface area contributed by atoms with Crippen LogP contribution in [0.15, 0.2) is 46.9 Å². The van der Waals surface area contributed by atoms with Crippen molar-refractivity contribution in [2.75, 3.05) is 0 Å². The second-order valence-corrected chi connectivity index (χ2v) is 5.08. The van der Waals surface area contributed by atoms with Crippen LogP contribution in [0.3, 0.4) is 0 Å². The Balaban J connectivity index is 2.18. The number of hydrazine groups is 1. The van der Waals surface area contributed by atoms with Crippen molar-refractivity contribution in [2.45, 2.75) is 12.5 Å². The second kappa shape index (κ2) is 6.23. The lowest BCUT2D eigenvalue weighted by atomic mass is 9.99. The van der Waals surface area contributed by atoms with Crippen molar-refractivity contribution < 1.29 is 8.78 Å². The maximum atomic E-state index is 13.2. The number of hydrogen-bond donors (Lipinski definition) is 2. The van der Waals surface area contributed by atoms with Gasteiger partial charge in [-0.3, -0.25) is 11.3 Å². The third-order valence-electron chi connectivity index (χ3n) is 2.90. The summed E-state index contributed by atoms with van der Waals surface area (Å²) in [4.78, 5) is 0. The summed E-state index contributed by atoms with van der Waals surface area (Å²) in [6, 6.07) is 10.8. The molecule has 0 amide bonds. The molecule has 0 heterocycles. The molecule has 0 aliphatic carbocycles. The van der Waals surface area contributed by atoms with Gasteiger partial charge in [0.05, 0.1) is 4.47 Å². The minimum absolute atomic E-state index is 0.155. The Kier molecular flexibility index (Phi) is 4.63. The standard InChI is InChI=1S/C14H13BrF2N2/c15-12-7-9(1-6-13(12)17)8-14(19-18)10-2-4-11(16)5-3-10/h1-7,14,19H,8,18H2. The van der Waals surface area contributed by atoms with Gasteiger partial charge in [0, 0.05) is 6.04 Å². The van der Waals surface area contributed by atoms with Crippen molar-refractivity contribution in [2.24, 2.45) is 5.84 Å². The van der Waals surface area contributed by atoms with Crippen molar-refractivity contribution >= 4 is 15.9 Å². The fourth-order valence-electron chi connectivity index (χ4n) is 1.87. The van der Waals surface area contributed by atoms with Gasteiger partial charge < -0.3 is 0 Å². The van der Waals surface area contributed by atoms with Gasteiger partial charge in [-0.15, -0.1) is 0 Å². The number of benzene rings is 2. The second-order valence-electron chi connectivity index (χ2n) is 4.22. The molecule has 2 aromatic carbocycles. The van der Waals surface area contributed by atoms with Crippen LogP contribution in [0.1, 0.15) is 17.2 Å². The molecule has 0 aliphatic heterocycles. The molecule has 19 heavy (non-hydrogen) atoms. The van der Waals surface area contributed by atoms with Gasteiger partial charge >= 0.3 is 0 Å². The van der Waals surface area contributed by atoms with Crippen LogP contribution in [0, 0.1) is 11.6 Å². The average Bonchev–Trinajstić information content (AvgIpc) is 2.41. The summed E-state index contributed by atoms with van der Waals surface area (Å²) >= 11 is 3.15. The van der Waals surface area contributed by atoms with Crippen LogP contribution in [0.2, 0.25) is 0 Å². The van der Waals surface area contributed by atoms with Crippen LogP contribution in [0.5, 0.6) is 0 Å². The molecule has 0 radical (unpaired) electrons. The summed E-state index contributed by atoms with van der Waals surface area (Å²) in [7, 11) is 0. The number of halogens is 3. The van der Waals surface area contributed by atoms with Gasteiger partial charge in [-0.2, -0.15) is 0 Å². The van der Waals surface area contributed by atoms with Crippen molar-refractivity contribution in [3.63, 3.8) is 0 Å². The Morgan fingerprint density at radius 1 is 1.11 bits per heavy atom. The molecule has 0 aromatic heterocycles. The van der Waals surface area contributed by atoms with Crippen molar-refractivity contribution in [3.8, 4) is 0 Å². The zero-order chi connectivity index (χ0) is 13.8. The Labute approximate surface area is 118 Å². The first kappa shape index (κ1) is 14.1. The summed E-state index contributed by atoms with van der Waals surface area (Å²) in [5, 5.41) is 0. The highest BCUT2D eigenvalue weighted by Gasteiger charge is 2.11. The van der Waals surface area contributed by atoms with E-state index >= 15 is 0 Å². The quantitative estimate of drug-likeness (QED) is 0.667. The van der Waals surface area contributed by atoms with E-state index in [1.807, 2.05) is 0 Å². The van der Waals surface area contributed by atoms with E-state index in [2.05, 4.69) is 21.4 Å². The minimum atomic E-state index is -0.303. The fourth-order valence-corrected chi connectivity index (χ4v) is 2.30. The van der Waals surface area contributed by atoms with E-state index < -0.39 is 0 Å². The van der Waals surface area contributed by atoms with E-state index in [9.17, 15) is 8.78 Å². The van der Waals surface area contributed by atoms with Crippen LogP contribution in [-0.4, -0.2) is 0 Å². The molecule has 2 nitrogen and oxygen atoms in total. The highest BCUT2D eigenvalue weighted by Crippen LogP contribution is 2.22. The molecular formula is C14H13BrF2N2. The highest BCUT2D eigenvalue weighted by molar-refractivity contribution is 9.10. The summed E-state index contributed by atoms with van der Waals surface area (Å²) in [6.45, 7) is 0. The first-order valence-electron chi connectivity index (χ1n) is 5.75. The van der Waals surface area contributed by atoms with Gasteiger partial charge in [0.2, 0.25) is 0 Å². The molecule has 0 bridgehead atoms. The molecule has 3 N–H and O–H groups in total. The van der Waals surface area contributed by atoms with Crippen LogP contribution >= 0.6 is 15.9 Å². The Morgan fingerprint density at radius 3 is 2.37 bits per heavy atom. The molecule has 100 valence electrons. The van der Waals surface area contributed by atoms with Crippen molar-refractivity contribution in [3.05, 3.63) is 69.7 Å². The van der Waals surface area contributed by atoms with Crippen LogP contribution in [-0.2, 0) is 6.42 Å². The number of nitrogens with one attached hydrogen (secondary N) is 1. The van der Waals surface area contributed by atoms with Gasteiger partial charge in [-0.25, -0.2) is 8.78 Å². The predicted octanol–water partition coefficient (Wildman–Crippen LogP) is 3.47. The van der Waals surface area contributed by atoms with E-state index in [0.29, 0.717) is 10.9 Å². The van der Waals surface area contributed by atoms with Crippen molar-refractivity contribution in [1.82, 2.24) is 5.43 Å². The molecule has 0 spiro atoms. The first-order valence-corrected chi connectivity index (χ1v) is 6.55. The van der Waals surface area contributed by atoms with E-state index in [1.54, 1.807) is 24.3 Å². The lowest BCUT2D eigenvalue weighted by Gasteiger charge is -2.16. The SMILES string of the molecule is NNC(Cc1ccc(F)c(Br)c1)c1ccc(F)cc1. The van der Waals surface area contributed by atoms with Crippen LogP contribution in [0.25, 0.3) is 0 Å². The van der Waals surface area contributed by atoms with E-state index in [1.165, 1.54) is 18.2 Å². The summed E-state index contributed by atoms with van der Waals surface area (Å²) in [5.74, 6) is 4.94. The summed E-state index contributed by atoms with van der Waals surface area (Å²) in [6.07, 6.45) is 0.584. The number of hydrogen-bond acceptors (Lipinski definition) is 2. The third kappa shape index (κ3) is 3.59. The third-order valence-corrected chi connectivity index (χ3v) is 3.51. The topological polar surface area (TPSA) is 38.0 Å². The molecule has 0 saturated carbocycles. The van der Waals surface area contributed by atoms with E-state index in [4.69, 9.17) is 5.84 Å². The number of nitrogens with two attached hydrogens (primary N) is 1. The first-order chi connectivity index (χ1) is 9.10. The smallest absolute Gasteiger partial charge is 0.137 e. The lowest BCUT2D eigenvalue weighted by Crippen LogP contribution is -2.29. The zero-order valence-corrected chi connectivity index (χ0v) is 11.6. The van der Waals surface area contributed by atoms with Gasteiger partial charge in [-0.05, 0) is 57.7 Å². The highest BCUT2D eigenvalue weighted by atomic mass is 79.9. The van der Waals surface area contributed by atoms with Crippen molar-refractivity contribution in [1.29, 1.82) is 0 Å². The number of rotatable bonds is 4. The normalized spacial score (nSPS) is 12.4. The van der Waals surface area contributed by atoms with E-state index in [0.717, 1.165) is 11.1 Å². The van der Waals surface area contributed by atoms with Gasteiger partial charge in [0.1, 0.15) is 11.6 Å². The van der Waals surface area contributed by atoms with E-state index in [-0.39, 0.29) is 17.7 Å². The largest absolute Gasteiger partial charge is 0.271 e. The molecule has 0 fully saturated rings. The van der Waals surface area contributed by atoms with Gasteiger partial charge in [0.25, 0.3) is 0 Å². The predicted molar refractivity (Wildman–Crippen MR) is 74.3 cm³/mol. The van der Waals surface area contributed by atoms with Gasteiger partial charge in [0.15, 0.2) is 0 Å². The zero-order valence-electron chi connectivity index (χ0n) is 10.0. The Hall–Kier alpha value is -1.30. The maximum absolute atomic E-state index is 13.2. The Bertz CT molecular complexity index is 558. The van der Waals surface area contributed by atoms with Gasteiger partial charge in [-0.1, -0.05) is 18.2 Å². The lowest BCUT2D eigenvalue weighted by molar-refractivity contribution is 0.548. The fraction of sp³-hybridized carbons (Fsp3) is 0.143. The molecule has 2 aromatic rings. The Morgan fingerprint density at radius 2 is 1.79 bits per heavy atom. The monoisotopic (exact) mass is 326 g/mol. The van der Waals surface area contributed by atoms with Crippen LogP contribution in [0.4, 0.5) is 8.78 Å². The summed E-state index contributed by atoms with van der Waals surface area (Å²) < 4.78 is 26.5.